The highest BCUT2D eigenvalue weighted by atomic mass is 32.2. The van der Waals surface area contributed by atoms with Crippen LogP contribution < -0.4 is 15.4 Å². The summed E-state index contributed by atoms with van der Waals surface area (Å²) in [5, 5.41) is 0. The molecular weight excluding hydrogens is 422 g/mol. The van der Waals surface area contributed by atoms with Gasteiger partial charge >= 0.3 is 0 Å². The minimum Gasteiger partial charge on any atom is -0.472 e. The number of aromatic nitrogens is 2. The Morgan fingerprint density at radius 3 is 2.56 bits per heavy atom. The number of nitrogens with two attached hydrogens (primary N) is 1. The van der Waals surface area contributed by atoms with E-state index in [0.29, 0.717) is 24.0 Å². The van der Waals surface area contributed by atoms with Crippen molar-refractivity contribution in [3.63, 3.8) is 0 Å². The van der Waals surface area contributed by atoms with Gasteiger partial charge in [0.05, 0.1) is 11.1 Å². The summed E-state index contributed by atoms with van der Waals surface area (Å²) in [4.78, 5) is 27.0. The van der Waals surface area contributed by atoms with Crippen LogP contribution in [0.4, 0.5) is 5.95 Å². The molecular formula is C24H27N5O2S. The van der Waals surface area contributed by atoms with Crippen molar-refractivity contribution in [1.82, 2.24) is 14.9 Å². The van der Waals surface area contributed by atoms with Gasteiger partial charge in [-0.25, -0.2) is 4.98 Å². The maximum atomic E-state index is 11.3. The first kappa shape index (κ1) is 22.1. The molecule has 8 heteroatoms. The summed E-state index contributed by atoms with van der Waals surface area (Å²) in [6.45, 7) is 6.21. The molecule has 7 nitrogen and oxygen atoms in total. The number of rotatable bonds is 7. The molecule has 1 aliphatic heterocycles. The van der Waals surface area contributed by atoms with Crippen LogP contribution in [0.15, 0.2) is 64.5 Å². The monoisotopic (exact) mass is 449 g/mol. The number of piperazine rings is 1. The second-order valence-electron chi connectivity index (χ2n) is 7.90. The Hall–Kier alpha value is -3.10. The van der Waals surface area contributed by atoms with Gasteiger partial charge in [-0.2, -0.15) is 4.98 Å². The van der Waals surface area contributed by atoms with E-state index in [-0.39, 0.29) is 0 Å². The van der Waals surface area contributed by atoms with Crippen molar-refractivity contribution in [3.8, 4) is 5.88 Å². The van der Waals surface area contributed by atoms with Gasteiger partial charge in [-0.3, -0.25) is 4.79 Å². The summed E-state index contributed by atoms with van der Waals surface area (Å²) in [5.41, 5.74) is 8.11. The third kappa shape index (κ3) is 5.57. The summed E-state index contributed by atoms with van der Waals surface area (Å²) >= 11 is 1.50. The number of aryl methyl sites for hydroxylation is 1. The number of primary amides is 1. The lowest BCUT2D eigenvalue weighted by Crippen LogP contribution is -2.45. The van der Waals surface area contributed by atoms with Crippen molar-refractivity contribution in [1.29, 1.82) is 0 Å². The van der Waals surface area contributed by atoms with Gasteiger partial charge in [0.25, 0.3) is 0 Å². The molecule has 0 spiro atoms. The first-order valence-electron chi connectivity index (χ1n) is 10.5. The second kappa shape index (κ2) is 10.0. The average Bonchev–Trinajstić information content (AvgIpc) is 2.79. The van der Waals surface area contributed by atoms with Crippen LogP contribution in [0.5, 0.6) is 5.88 Å². The maximum Gasteiger partial charge on any atom is 0.248 e. The summed E-state index contributed by atoms with van der Waals surface area (Å²) in [6, 6.07) is 15.4. The van der Waals surface area contributed by atoms with Gasteiger partial charge in [-0.1, -0.05) is 41.6 Å². The molecule has 0 bridgehead atoms. The highest BCUT2D eigenvalue weighted by Gasteiger charge is 2.19. The fourth-order valence-corrected chi connectivity index (χ4v) is 4.27. The first-order chi connectivity index (χ1) is 15.5. The average molecular weight is 450 g/mol. The molecule has 1 amide bonds. The van der Waals surface area contributed by atoms with Gasteiger partial charge in [0, 0.05) is 36.6 Å². The van der Waals surface area contributed by atoms with E-state index in [2.05, 4.69) is 40.9 Å². The van der Waals surface area contributed by atoms with Crippen LogP contribution in [-0.4, -0.2) is 54.0 Å². The van der Waals surface area contributed by atoms with E-state index >= 15 is 0 Å². The lowest BCUT2D eigenvalue weighted by atomic mass is 10.1. The third-order valence-corrected chi connectivity index (χ3v) is 6.33. The van der Waals surface area contributed by atoms with E-state index < -0.39 is 5.91 Å². The number of likely N-dealkylation sites (N-methyl/N-ethyl adjacent to an activating group) is 1. The predicted molar refractivity (Wildman–Crippen MR) is 126 cm³/mol. The fraction of sp³-hybridized carbons (Fsp3) is 0.292. The SMILES string of the molecule is Cc1cccc(COc2nc(N3CCN(C)CC3)ncc2Sc2ccc(C(N)=O)cc2)c1. The first-order valence-corrected chi connectivity index (χ1v) is 11.4. The van der Waals surface area contributed by atoms with Gasteiger partial charge in [0.2, 0.25) is 17.7 Å². The molecule has 0 atom stereocenters. The molecule has 1 fully saturated rings. The lowest BCUT2D eigenvalue weighted by molar-refractivity contribution is 0.1000. The minimum atomic E-state index is -0.441. The molecule has 2 N–H and O–H groups in total. The number of hydrogen-bond acceptors (Lipinski definition) is 7. The van der Waals surface area contributed by atoms with E-state index in [1.165, 1.54) is 17.3 Å². The van der Waals surface area contributed by atoms with E-state index in [4.69, 9.17) is 15.5 Å². The number of anilines is 1. The van der Waals surface area contributed by atoms with Crippen molar-refractivity contribution < 1.29 is 9.53 Å². The number of hydrogen-bond donors (Lipinski definition) is 1. The second-order valence-corrected chi connectivity index (χ2v) is 9.01. The smallest absolute Gasteiger partial charge is 0.248 e. The van der Waals surface area contributed by atoms with E-state index in [9.17, 15) is 4.79 Å². The molecule has 0 unspecified atom stereocenters. The summed E-state index contributed by atoms with van der Waals surface area (Å²) < 4.78 is 6.18. The number of carbonyl (C=O) groups is 1. The number of nitrogens with zero attached hydrogens (tertiary/aromatic N) is 4. The zero-order valence-corrected chi connectivity index (χ0v) is 19.1. The highest BCUT2D eigenvalue weighted by molar-refractivity contribution is 7.99. The predicted octanol–water partition coefficient (Wildman–Crippen LogP) is 3.37. The molecule has 32 heavy (non-hydrogen) atoms. The Balaban J connectivity index is 1.57. The Labute approximate surface area is 192 Å². The van der Waals surface area contributed by atoms with E-state index in [1.807, 2.05) is 30.5 Å². The Morgan fingerprint density at radius 2 is 1.88 bits per heavy atom. The molecule has 0 radical (unpaired) electrons. The van der Waals surface area contributed by atoms with Gasteiger partial charge < -0.3 is 20.3 Å². The van der Waals surface area contributed by atoms with Crippen molar-refractivity contribution in [2.75, 3.05) is 38.1 Å². The third-order valence-electron chi connectivity index (χ3n) is 5.32. The van der Waals surface area contributed by atoms with Gasteiger partial charge in [0.1, 0.15) is 6.61 Å². The highest BCUT2D eigenvalue weighted by Crippen LogP contribution is 2.35. The van der Waals surface area contributed by atoms with E-state index in [0.717, 1.165) is 41.5 Å². The molecule has 1 saturated heterocycles. The van der Waals surface area contributed by atoms with Crippen molar-refractivity contribution >= 4 is 23.6 Å². The fourth-order valence-electron chi connectivity index (χ4n) is 3.45. The zero-order valence-electron chi connectivity index (χ0n) is 18.3. The van der Waals surface area contributed by atoms with Crippen molar-refractivity contribution in [2.24, 2.45) is 5.73 Å². The summed E-state index contributed by atoms with van der Waals surface area (Å²) in [6.07, 6.45) is 1.82. The number of amides is 1. The van der Waals surface area contributed by atoms with Gasteiger partial charge in [0.15, 0.2) is 0 Å². The Morgan fingerprint density at radius 1 is 1.12 bits per heavy atom. The standard InChI is InChI=1S/C24H27N5O2S/c1-17-4-3-5-18(14-17)16-31-23-21(32-20-8-6-19(7-9-20)22(25)30)15-26-24(27-23)29-12-10-28(2)11-13-29/h3-9,14-15H,10-13,16H2,1-2H3,(H2,25,30). The van der Waals surface area contributed by atoms with Crippen molar-refractivity contribution in [3.05, 3.63) is 71.4 Å². The van der Waals surface area contributed by atoms with Crippen LogP contribution in [0.2, 0.25) is 0 Å². The molecule has 4 rings (SSSR count). The van der Waals surface area contributed by atoms with E-state index in [1.54, 1.807) is 12.1 Å². The summed E-state index contributed by atoms with van der Waals surface area (Å²) in [7, 11) is 2.12. The van der Waals surface area contributed by atoms with Crippen LogP contribution in [0.25, 0.3) is 0 Å². The van der Waals surface area contributed by atoms with Gasteiger partial charge in [-0.05, 0) is 43.8 Å². The molecule has 1 aliphatic rings. The van der Waals surface area contributed by atoms with Crippen molar-refractivity contribution in [2.45, 2.75) is 23.3 Å². The number of benzene rings is 2. The molecule has 0 saturated carbocycles. The molecule has 2 heterocycles. The Bertz CT molecular complexity index is 1080. The summed E-state index contributed by atoms with van der Waals surface area (Å²) in [5.74, 6) is 0.800. The van der Waals surface area contributed by atoms with Crippen LogP contribution in [-0.2, 0) is 6.61 Å². The largest absolute Gasteiger partial charge is 0.472 e. The number of ether oxygens (including phenoxy) is 1. The minimum absolute atomic E-state index is 0.426. The topological polar surface area (TPSA) is 84.6 Å². The van der Waals surface area contributed by atoms with Crippen LogP contribution >= 0.6 is 11.8 Å². The molecule has 3 aromatic rings. The van der Waals surface area contributed by atoms with Gasteiger partial charge in [-0.15, -0.1) is 0 Å². The van der Waals surface area contributed by atoms with Crippen LogP contribution in [0.3, 0.4) is 0 Å². The zero-order chi connectivity index (χ0) is 22.5. The van der Waals surface area contributed by atoms with Crippen LogP contribution in [0, 0.1) is 6.92 Å². The quantitative estimate of drug-likeness (QED) is 0.592. The molecule has 1 aromatic heterocycles. The molecule has 166 valence electrons. The number of carbonyl (C=O) groups excluding carboxylic acids is 1. The Kier molecular flexibility index (Phi) is 6.92. The maximum absolute atomic E-state index is 11.3. The van der Waals surface area contributed by atoms with Crippen LogP contribution in [0.1, 0.15) is 21.5 Å². The lowest BCUT2D eigenvalue weighted by Gasteiger charge is -2.32. The molecule has 2 aromatic carbocycles. The normalized spacial score (nSPS) is 14.4. The molecule has 0 aliphatic carbocycles.